The van der Waals surface area contributed by atoms with Crippen molar-refractivity contribution in [3.8, 4) is 0 Å². The minimum absolute atomic E-state index is 0.973. The summed E-state index contributed by atoms with van der Waals surface area (Å²) in [5, 5.41) is 6.52. The van der Waals surface area contributed by atoms with Gasteiger partial charge in [-0.15, -0.1) is 0 Å². The molecule has 137 heavy (non-hydrogen) atoms. The molecule has 0 aliphatic carbocycles. The summed E-state index contributed by atoms with van der Waals surface area (Å²) in [7, 11) is -85.8. The van der Waals surface area contributed by atoms with Crippen molar-refractivity contribution in [1.29, 1.82) is 0 Å². The average Bonchev–Trinajstić information content (AvgIpc) is 0.798. The van der Waals surface area contributed by atoms with Crippen LogP contribution in [0.4, 0.5) is 0 Å². The van der Waals surface area contributed by atoms with E-state index in [1.807, 2.05) is 14.1 Å². The largest absolute Gasteiger partial charge is 0.436 e. The van der Waals surface area contributed by atoms with Gasteiger partial charge in [0.2, 0.25) is 0 Å². The van der Waals surface area contributed by atoms with Crippen molar-refractivity contribution in [3.63, 3.8) is 0 Å². The Kier molecular flexibility index (Phi) is 52.1. The van der Waals surface area contributed by atoms with Gasteiger partial charge in [0.05, 0.1) is 0 Å². The third-order valence-corrected chi connectivity index (χ3v) is 143. The maximum absolute atomic E-state index is 7.05. The second-order valence-corrected chi connectivity index (χ2v) is 168. The molecule has 0 bridgehead atoms. The fourth-order valence-electron chi connectivity index (χ4n) is 20.6. The molecular weight excluding hydrogens is 2290 g/mol. The fraction of sp³-hybridized carbons (Fsp3) is 1.00. The molecule has 0 aliphatic rings. The molecule has 0 aromatic rings. The van der Waals surface area contributed by atoms with Crippen LogP contribution in [0.2, 0.25) is 431 Å². The predicted octanol–water partition coefficient (Wildman–Crippen LogP) is 24.2. The van der Waals surface area contributed by atoms with E-state index in [-0.39, 0.29) is 0 Å². The van der Waals surface area contributed by atoms with E-state index >= 15 is 0 Å². The van der Waals surface area contributed by atoms with Gasteiger partial charge in [0, 0.05) is 0 Å². The van der Waals surface area contributed by atoms with Gasteiger partial charge in [-0.1, -0.05) is 0 Å². The summed E-state index contributed by atoms with van der Waals surface area (Å²) in [6.45, 7) is 135. The van der Waals surface area contributed by atoms with Crippen LogP contribution in [0.1, 0.15) is 12.8 Å². The van der Waals surface area contributed by atoms with E-state index in [4.69, 9.17) is 128 Å². The second-order valence-electron chi connectivity index (χ2n) is 51.1. The second kappa shape index (κ2) is 50.0. The summed E-state index contributed by atoms with van der Waals surface area (Å²) in [6.07, 6.45) is 2.16. The molecule has 65 heteroatoms. The number of hydrogen-bond donors (Lipinski definition) is 2. The predicted molar refractivity (Wildman–Crippen MR) is 640 cm³/mol. The highest BCUT2D eigenvalue weighted by molar-refractivity contribution is 7.00. The first-order chi connectivity index (χ1) is 59.0. The molecule has 33 nitrogen and oxygen atoms in total. The van der Waals surface area contributed by atoms with Crippen molar-refractivity contribution in [3.05, 3.63) is 0 Å². The van der Waals surface area contributed by atoms with Crippen molar-refractivity contribution in [2.45, 2.75) is 444 Å². The third-order valence-electron chi connectivity index (χ3n) is 17.7. The third kappa shape index (κ3) is 66.6. The Labute approximate surface area is 874 Å². The Hall–Kier alpha value is 5.62. The van der Waals surface area contributed by atoms with Crippen LogP contribution in [0, 0.1) is 0 Å². The Morgan fingerprint density at radius 1 is 0.102 bits per heavy atom. The van der Waals surface area contributed by atoms with E-state index in [0.29, 0.717) is 0 Å². The Morgan fingerprint density at radius 3 is 0.219 bits per heavy atom. The number of rotatable bonds is 70. The zero-order valence-corrected chi connectivity index (χ0v) is 132. The smallest absolute Gasteiger partial charge is 0.314 e. The van der Waals surface area contributed by atoms with Crippen molar-refractivity contribution in [2.75, 3.05) is 27.2 Å². The average molecular weight is 2500 g/mol. The van der Waals surface area contributed by atoms with Crippen molar-refractivity contribution in [2.24, 2.45) is 0 Å². The molecule has 0 unspecified atom stereocenters. The highest BCUT2D eigenvalue weighted by atomic mass is 28.6. The lowest BCUT2D eigenvalue weighted by molar-refractivity contribution is 0.242. The van der Waals surface area contributed by atoms with E-state index < -0.39 is 273 Å². The molecule has 0 aromatic carbocycles. The summed E-state index contributed by atoms with van der Waals surface area (Å²) >= 11 is 0. The molecule has 0 spiro atoms. The molecule has 0 amide bonds. The molecule has 0 fully saturated rings. The Bertz CT molecular complexity index is 3340. The van der Waals surface area contributed by atoms with Gasteiger partial charge >= 0.3 is 257 Å². The van der Waals surface area contributed by atoms with E-state index in [2.05, 4.69) is 430 Å². The summed E-state index contributed by atoms with van der Waals surface area (Å²) in [5.41, 5.74) is 0. The van der Waals surface area contributed by atoms with Gasteiger partial charge in [-0.25, -0.2) is 0 Å². The lowest BCUT2D eigenvalue weighted by Gasteiger charge is -2.45. The molecule has 824 valence electrons. The van der Waals surface area contributed by atoms with E-state index in [1.165, 1.54) is 0 Å². The Morgan fingerprint density at radius 2 is 0.161 bits per heavy atom. The zero-order valence-electron chi connectivity index (χ0n) is 99.9. The standard InChI is InChI=1S/C72H212N2O31Si32/c1-73-69-67-71-106(3,4)75-108(7,8)77-110(11,12)79-112(15,16)81-114(19,20)83-116(23,24)85-118(27,28)87-120(31,32)89-122(35,36)91-124(39,40)93-126(43,44)95-128(47,48)97-130(51,52)99-132(55,56)101-134(59,60)103-136(63,64)105-137(65,66)104-135(61,62)102-133(57,58)100-131(53,54)98-129(49,50)96-127(45,46)94-125(41,42)92-123(37,38)90-121(33,34)88-119(29,30)86-117(25,26)84-115(21,22)82-113(17,18)80-111(13,14)78-109(9,10)76-107(5,6)72-68-70-74-2/h73-74H,67-72H2,1-66H3. The topological polar surface area (TPSA) is 310 Å². The zero-order chi connectivity index (χ0) is 110. The molecule has 0 atom stereocenters. The van der Waals surface area contributed by atoms with Crippen molar-refractivity contribution in [1.82, 2.24) is 10.6 Å². The SMILES string of the molecule is CNCCC[Si](C)(C)O[Si](C)(C)O[Si](C)(C)O[Si](C)(C)O[Si](C)(C)O[Si](C)(C)O[Si](C)(C)O[Si](C)(C)O[Si](C)(C)O[Si](C)(C)O[Si](C)(C)O[Si](C)(C)O[Si](C)(C)O[Si](C)(C)O[Si](C)(C)O[Si](C)(C)O[Si](C)(C)O[Si](C)(C)O[Si](C)(C)O[Si](C)(C)O[Si](C)(C)O[Si](C)(C)O[Si](C)(C)O[Si](C)(C)O[Si](C)(C)O[Si](C)(C)O[Si](C)(C)O[Si](C)(C)O[Si](C)(C)O[Si](C)(C)O[Si](C)(C)O[Si](C)(C)CCCNC. The van der Waals surface area contributed by atoms with Gasteiger partial charge in [0.15, 0.2) is 16.6 Å². The molecule has 0 radical (unpaired) electrons. The van der Waals surface area contributed by atoms with Crippen LogP contribution in [-0.4, -0.2) is 301 Å². The highest BCUT2D eigenvalue weighted by Crippen LogP contribution is 2.40. The molecule has 0 heterocycles. The summed E-state index contributed by atoms with van der Waals surface area (Å²) < 4.78 is 217. The lowest BCUT2D eigenvalue weighted by atomic mass is 10.5. The van der Waals surface area contributed by atoms with E-state index in [9.17, 15) is 0 Å². The van der Waals surface area contributed by atoms with Crippen LogP contribution in [0.3, 0.4) is 0 Å². The molecule has 0 aromatic heterocycles. The quantitative estimate of drug-likeness (QED) is 0.0422. The molecule has 0 rings (SSSR count). The van der Waals surface area contributed by atoms with Gasteiger partial charge in [0.1, 0.15) is 0 Å². The maximum Gasteiger partial charge on any atom is 0.314 e. The Balaban J connectivity index is 5.98. The maximum atomic E-state index is 7.05. The van der Waals surface area contributed by atoms with E-state index in [0.717, 1.165) is 38.0 Å². The fourth-order valence-corrected chi connectivity index (χ4v) is 188. The first-order valence-electron chi connectivity index (χ1n) is 49.1. The van der Waals surface area contributed by atoms with Crippen molar-refractivity contribution >= 4 is 273 Å². The van der Waals surface area contributed by atoms with Crippen LogP contribution in [0.15, 0.2) is 0 Å². The summed E-state index contributed by atoms with van der Waals surface area (Å²) in [6, 6.07) is 2.13. The van der Waals surface area contributed by atoms with Crippen LogP contribution >= 0.6 is 0 Å². The normalized spacial score (nSPS) is 16.1. The minimum atomic E-state index is -2.95. The van der Waals surface area contributed by atoms with Gasteiger partial charge in [0.25, 0.3) is 0 Å². The van der Waals surface area contributed by atoms with Crippen LogP contribution in [-0.2, 0) is 128 Å². The number of hydrogen-bond acceptors (Lipinski definition) is 33. The highest BCUT2D eigenvalue weighted by Gasteiger charge is 2.59. The van der Waals surface area contributed by atoms with Crippen LogP contribution in [0.25, 0.3) is 0 Å². The van der Waals surface area contributed by atoms with Crippen LogP contribution < -0.4 is 10.6 Å². The van der Waals surface area contributed by atoms with Gasteiger partial charge in [-0.05, 0) is 471 Å². The minimum Gasteiger partial charge on any atom is -0.436 e. The summed E-state index contributed by atoms with van der Waals surface area (Å²) in [5.74, 6) is 0. The van der Waals surface area contributed by atoms with Gasteiger partial charge in [-0.3, -0.25) is 0 Å². The molecular formula is C72H212N2O31Si32. The van der Waals surface area contributed by atoms with Crippen molar-refractivity contribution < 1.29 is 128 Å². The lowest BCUT2D eigenvalue weighted by Crippen LogP contribution is -2.63. The van der Waals surface area contributed by atoms with E-state index in [1.54, 1.807) is 0 Å². The summed E-state index contributed by atoms with van der Waals surface area (Å²) in [4.78, 5) is 0. The van der Waals surface area contributed by atoms with Gasteiger partial charge in [-0.2, -0.15) is 0 Å². The molecule has 0 saturated heterocycles. The molecule has 2 N–H and O–H groups in total. The van der Waals surface area contributed by atoms with Crippen LogP contribution in [0.5, 0.6) is 0 Å². The van der Waals surface area contributed by atoms with Gasteiger partial charge < -0.3 is 138 Å². The first kappa shape index (κ1) is 143. The first-order valence-corrected chi connectivity index (χ1v) is 140. The molecule has 0 saturated carbocycles. The number of nitrogens with one attached hydrogen (secondary N) is 2. The monoisotopic (exact) mass is 2500 g/mol. The molecule has 0 aliphatic heterocycles.